The highest BCUT2D eigenvalue weighted by Gasteiger charge is 2.36. The smallest absolute Gasteiger partial charge is 0.417 e. The van der Waals surface area contributed by atoms with Crippen LogP contribution >= 0.6 is 0 Å². The molecule has 12 heteroatoms. The van der Waals surface area contributed by atoms with E-state index in [1.165, 1.54) is 18.5 Å². The van der Waals surface area contributed by atoms with Gasteiger partial charge in [0.2, 0.25) is 5.88 Å². The van der Waals surface area contributed by atoms with E-state index in [0.29, 0.717) is 18.7 Å². The second-order valence-corrected chi connectivity index (χ2v) is 8.54. The summed E-state index contributed by atoms with van der Waals surface area (Å²) < 4.78 is 47.4. The molecule has 2 aromatic rings. The molecule has 38 heavy (non-hydrogen) atoms. The molecular formula is C26H31F3N6O3. The molecule has 1 atom stereocenters. The Morgan fingerprint density at radius 2 is 2.08 bits per heavy atom. The molecule has 1 amide bonds. The molecule has 1 aliphatic carbocycles. The van der Waals surface area contributed by atoms with Crippen molar-refractivity contribution in [2.45, 2.75) is 58.3 Å². The Morgan fingerprint density at radius 1 is 1.34 bits per heavy atom. The summed E-state index contributed by atoms with van der Waals surface area (Å²) in [5.74, 6) is -0.613. The van der Waals surface area contributed by atoms with Crippen molar-refractivity contribution in [1.29, 1.82) is 0 Å². The molecule has 1 aromatic carbocycles. The number of amides is 1. The van der Waals surface area contributed by atoms with Crippen molar-refractivity contribution in [3.63, 3.8) is 0 Å². The molecular weight excluding hydrogens is 501 g/mol. The Hall–Kier alpha value is -3.77. The number of nitrogens with one attached hydrogen (secondary N) is 2. The molecule has 0 spiro atoms. The molecule has 9 nitrogen and oxygen atoms in total. The number of ether oxygens (including phenoxy) is 1. The normalized spacial score (nSPS) is 15.0. The summed E-state index contributed by atoms with van der Waals surface area (Å²) in [5, 5.41) is 13.5. The van der Waals surface area contributed by atoms with Gasteiger partial charge in [-0.1, -0.05) is 25.6 Å². The van der Waals surface area contributed by atoms with Crippen molar-refractivity contribution in [1.82, 2.24) is 25.9 Å². The summed E-state index contributed by atoms with van der Waals surface area (Å²) in [6, 6.07) is 2.62. The van der Waals surface area contributed by atoms with Crippen molar-refractivity contribution in [2.24, 2.45) is 4.99 Å². The monoisotopic (exact) mass is 532 g/mol. The summed E-state index contributed by atoms with van der Waals surface area (Å²) in [6.45, 7) is 9.35. The molecule has 3 N–H and O–H groups in total. The molecule has 204 valence electrons. The topological polar surface area (TPSA) is 112 Å². The molecule has 1 fully saturated rings. The second kappa shape index (κ2) is 12.7. The van der Waals surface area contributed by atoms with E-state index in [1.807, 2.05) is 0 Å². The predicted molar refractivity (Wildman–Crippen MR) is 136 cm³/mol. The standard InChI is InChI=1S/C26H31F3N6O3/c1-5-8-22(31-16(4)34-35(37)18-10-11-18)21(6-2)33-25(36)19-12-9-17(13-20(19)26(27,28)29)23-14-30-15-24(32-23)38-7-3/h5,8-9,12-15,18,21,34,37H,4,6-7,10-11H2,1-3H3,(H,33,36)/b8-5-,31-22+. The number of hydrazine groups is 1. The second-order valence-electron chi connectivity index (χ2n) is 8.54. The van der Waals surface area contributed by atoms with E-state index in [-0.39, 0.29) is 29.0 Å². The van der Waals surface area contributed by atoms with Gasteiger partial charge in [-0.3, -0.25) is 20.4 Å². The van der Waals surface area contributed by atoms with Crippen LogP contribution in [-0.2, 0) is 6.18 Å². The molecule has 0 aliphatic heterocycles. The average Bonchev–Trinajstić information content (AvgIpc) is 3.72. The van der Waals surface area contributed by atoms with E-state index in [2.05, 4.69) is 32.3 Å². The van der Waals surface area contributed by atoms with Crippen molar-refractivity contribution in [2.75, 3.05) is 6.61 Å². The number of rotatable bonds is 12. The minimum Gasteiger partial charge on any atom is -0.477 e. The van der Waals surface area contributed by atoms with Gasteiger partial charge in [-0.25, -0.2) is 9.98 Å². The van der Waals surface area contributed by atoms with Gasteiger partial charge in [-0.2, -0.15) is 13.2 Å². The highest BCUT2D eigenvalue weighted by atomic mass is 19.4. The molecule has 1 saturated carbocycles. The highest BCUT2D eigenvalue weighted by molar-refractivity contribution is 6.04. The summed E-state index contributed by atoms with van der Waals surface area (Å²) in [6.07, 6.45) is 3.20. The number of aliphatic imine (C=N–C) groups is 1. The van der Waals surface area contributed by atoms with Crippen LogP contribution in [0.3, 0.4) is 0 Å². The van der Waals surface area contributed by atoms with Gasteiger partial charge < -0.3 is 10.1 Å². The first-order valence-electron chi connectivity index (χ1n) is 12.2. The molecule has 0 radical (unpaired) electrons. The minimum atomic E-state index is -4.80. The predicted octanol–water partition coefficient (Wildman–Crippen LogP) is 4.92. The van der Waals surface area contributed by atoms with Crippen LogP contribution in [0.25, 0.3) is 11.3 Å². The van der Waals surface area contributed by atoms with Gasteiger partial charge in [0.05, 0.1) is 53.6 Å². The maximum atomic E-state index is 14.0. The van der Waals surface area contributed by atoms with Gasteiger partial charge >= 0.3 is 6.18 Å². The van der Waals surface area contributed by atoms with Gasteiger partial charge in [0.15, 0.2) is 0 Å². The minimum absolute atomic E-state index is 0.0230. The zero-order chi connectivity index (χ0) is 27.9. The number of hydrogen-bond acceptors (Lipinski definition) is 8. The Kier molecular flexibility index (Phi) is 9.59. The number of allylic oxidation sites excluding steroid dienone is 1. The van der Waals surface area contributed by atoms with Gasteiger partial charge in [-0.05, 0) is 51.3 Å². The molecule has 1 aromatic heterocycles. The fourth-order valence-corrected chi connectivity index (χ4v) is 3.59. The van der Waals surface area contributed by atoms with Gasteiger partial charge in [0.1, 0.15) is 5.82 Å². The molecule has 1 aliphatic rings. The van der Waals surface area contributed by atoms with Crippen molar-refractivity contribution in [3.05, 3.63) is 66.3 Å². The zero-order valence-corrected chi connectivity index (χ0v) is 21.4. The number of halogens is 3. The molecule has 0 saturated heterocycles. The summed E-state index contributed by atoms with van der Waals surface area (Å²) in [5.41, 5.74) is 1.67. The van der Waals surface area contributed by atoms with E-state index in [1.54, 1.807) is 32.9 Å². The molecule has 1 unspecified atom stereocenters. The number of aromatic nitrogens is 2. The largest absolute Gasteiger partial charge is 0.477 e. The third-order valence-corrected chi connectivity index (χ3v) is 5.58. The van der Waals surface area contributed by atoms with Crippen molar-refractivity contribution >= 4 is 11.6 Å². The fraction of sp³-hybridized carbons (Fsp3) is 0.385. The number of benzene rings is 1. The lowest BCUT2D eigenvalue weighted by atomic mass is 10.00. The van der Waals surface area contributed by atoms with Gasteiger partial charge in [-0.15, -0.1) is 5.17 Å². The van der Waals surface area contributed by atoms with Crippen LogP contribution in [0.5, 0.6) is 5.88 Å². The van der Waals surface area contributed by atoms with Crippen molar-refractivity contribution < 1.29 is 27.9 Å². The fourth-order valence-electron chi connectivity index (χ4n) is 3.59. The quantitative estimate of drug-likeness (QED) is 0.263. The highest BCUT2D eigenvalue weighted by Crippen LogP contribution is 2.35. The first-order valence-corrected chi connectivity index (χ1v) is 12.2. The Morgan fingerprint density at radius 3 is 2.68 bits per heavy atom. The van der Waals surface area contributed by atoms with Crippen LogP contribution in [0.1, 0.15) is 56.0 Å². The lowest BCUT2D eigenvalue weighted by Gasteiger charge is -2.21. The third-order valence-electron chi connectivity index (χ3n) is 5.58. The van der Waals surface area contributed by atoms with Crippen LogP contribution in [0.15, 0.2) is 60.1 Å². The van der Waals surface area contributed by atoms with Crippen LogP contribution in [0, 0.1) is 0 Å². The molecule has 3 rings (SSSR count). The van der Waals surface area contributed by atoms with E-state index >= 15 is 0 Å². The first kappa shape index (κ1) is 28.8. The number of carbonyl (C=O) groups excluding carboxylic acids is 1. The van der Waals surface area contributed by atoms with Crippen LogP contribution in [0.2, 0.25) is 0 Å². The summed E-state index contributed by atoms with van der Waals surface area (Å²) >= 11 is 0. The summed E-state index contributed by atoms with van der Waals surface area (Å²) in [4.78, 5) is 25.6. The lowest BCUT2D eigenvalue weighted by molar-refractivity contribution is -0.138. The van der Waals surface area contributed by atoms with E-state index in [0.717, 1.165) is 30.1 Å². The van der Waals surface area contributed by atoms with Crippen LogP contribution in [-0.4, -0.2) is 50.7 Å². The number of hydroxylamine groups is 1. The Bertz CT molecular complexity index is 1210. The van der Waals surface area contributed by atoms with E-state index in [9.17, 15) is 23.2 Å². The van der Waals surface area contributed by atoms with Crippen LogP contribution < -0.4 is 15.5 Å². The van der Waals surface area contributed by atoms with Gasteiger partial charge in [0, 0.05) is 5.56 Å². The molecule has 0 bridgehead atoms. The van der Waals surface area contributed by atoms with Crippen LogP contribution in [0.4, 0.5) is 13.2 Å². The maximum Gasteiger partial charge on any atom is 0.417 e. The molecule has 1 heterocycles. The average molecular weight is 533 g/mol. The number of nitrogens with zero attached hydrogens (tertiary/aromatic N) is 4. The lowest BCUT2D eigenvalue weighted by Crippen LogP contribution is -2.41. The zero-order valence-electron chi connectivity index (χ0n) is 21.4. The number of alkyl halides is 3. The Balaban J connectivity index is 1.88. The Labute approximate surface area is 219 Å². The van der Waals surface area contributed by atoms with Gasteiger partial charge in [0.25, 0.3) is 5.91 Å². The van der Waals surface area contributed by atoms with E-state index < -0.39 is 29.3 Å². The first-order chi connectivity index (χ1) is 18.1. The SMILES string of the molecule is C=C(/N=C(\C=C/C)C(CC)NC(=O)c1ccc(-c2cncc(OCC)n2)cc1C(F)(F)F)NN(O)C1CC1. The third kappa shape index (κ3) is 7.62. The van der Waals surface area contributed by atoms with E-state index in [4.69, 9.17) is 4.74 Å². The van der Waals surface area contributed by atoms with Crippen molar-refractivity contribution in [3.8, 4) is 17.1 Å². The summed E-state index contributed by atoms with van der Waals surface area (Å²) in [7, 11) is 0. The number of hydrogen-bond donors (Lipinski definition) is 3. The maximum absolute atomic E-state index is 14.0. The number of carbonyl (C=O) groups is 1.